The molecule has 1 saturated heterocycles. The second kappa shape index (κ2) is 8.37. The summed E-state index contributed by atoms with van der Waals surface area (Å²) in [6.45, 7) is 6.95. The monoisotopic (exact) mass is 461 g/mol. The van der Waals surface area contributed by atoms with Crippen molar-refractivity contribution in [2.75, 3.05) is 31.5 Å². The fraction of sp³-hybridized carbons (Fsp3) is 0.455. The lowest BCUT2D eigenvalue weighted by atomic mass is 10.1. The minimum Gasteiger partial charge on any atom is -0.336 e. The van der Waals surface area contributed by atoms with Crippen molar-refractivity contribution in [2.45, 2.75) is 32.1 Å². The predicted molar refractivity (Wildman–Crippen MR) is 121 cm³/mol. The van der Waals surface area contributed by atoms with Crippen LogP contribution >= 0.6 is 11.3 Å². The molecule has 1 aromatic carbocycles. The van der Waals surface area contributed by atoms with Crippen LogP contribution in [0.5, 0.6) is 0 Å². The van der Waals surface area contributed by atoms with Gasteiger partial charge in [0.05, 0.1) is 4.90 Å². The van der Waals surface area contributed by atoms with Gasteiger partial charge in [0.2, 0.25) is 15.9 Å². The maximum atomic E-state index is 13.0. The second-order valence-electron chi connectivity index (χ2n) is 8.36. The summed E-state index contributed by atoms with van der Waals surface area (Å²) in [5.74, 6) is 0.314. The fourth-order valence-electron chi connectivity index (χ4n) is 3.97. The zero-order valence-electron chi connectivity index (χ0n) is 17.9. The first-order chi connectivity index (χ1) is 14.7. The maximum absolute atomic E-state index is 13.0. The van der Waals surface area contributed by atoms with Gasteiger partial charge in [0.15, 0.2) is 0 Å². The van der Waals surface area contributed by atoms with Crippen molar-refractivity contribution in [1.82, 2.24) is 9.21 Å². The molecule has 1 aromatic heterocycles. The third kappa shape index (κ3) is 4.53. The number of aryl methyl sites for hydroxylation is 2. The summed E-state index contributed by atoms with van der Waals surface area (Å²) in [6.07, 6.45) is 0.905. The molecular formula is C22H27N3O4S2. The Morgan fingerprint density at radius 2 is 1.77 bits per heavy atom. The molecule has 166 valence electrons. The highest BCUT2D eigenvalue weighted by Crippen LogP contribution is 2.38. The number of benzene rings is 1. The molecule has 0 spiro atoms. The molecule has 9 heteroatoms. The minimum atomic E-state index is -3.55. The average molecular weight is 462 g/mol. The van der Waals surface area contributed by atoms with Crippen molar-refractivity contribution in [3.8, 4) is 0 Å². The molecule has 1 saturated carbocycles. The van der Waals surface area contributed by atoms with Crippen molar-refractivity contribution in [3.63, 3.8) is 0 Å². The molecule has 2 heterocycles. The van der Waals surface area contributed by atoms with Gasteiger partial charge < -0.3 is 10.2 Å². The maximum Gasteiger partial charge on any atom is 0.254 e. The number of thiophene rings is 1. The van der Waals surface area contributed by atoms with Crippen LogP contribution in [0.1, 0.15) is 33.5 Å². The first kappa shape index (κ1) is 22.0. The van der Waals surface area contributed by atoms with E-state index < -0.39 is 10.0 Å². The van der Waals surface area contributed by atoms with E-state index >= 15 is 0 Å². The minimum absolute atomic E-state index is 0.00474. The summed E-state index contributed by atoms with van der Waals surface area (Å²) in [4.78, 5) is 28.9. The lowest BCUT2D eigenvalue weighted by molar-refractivity contribution is -0.117. The molecule has 1 aliphatic heterocycles. The van der Waals surface area contributed by atoms with Crippen LogP contribution in [0.15, 0.2) is 35.2 Å². The number of anilines is 1. The van der Waals surface area contributed by atoms with E-state index in [0.29, 0.717) is 35.2 Å². The van der Waals surface area contributed by atoms with E-state index in [4.69, 9.17) is 0 Å². The van der Waals surface area contributed by atoms with Crippen molar-refractivity contribution in [3.05, 3.63) is 45.6 Å². The Bertz CT molecular complexity index is 1120. The largest absolute Gasteiger partial charge is 0.336 e. The van der Waals surface area contributed by atoms with Crippen LogP contribution in [0, 0.1) is 25.7 Å². The molecule has 1 N–H and O–H groups in total. The Hall–Kier alpha value is -2.23. The van der Waals surface area contributed by atoms with Crippen LogP contribution in [0.2, 0.25) is 0 Å². The molecule has 31 heavy (non-hydrogen) atoms. The number of carbonyl (C=O) groups excluding carboxylic acids is 2. The second-order valence-corrected chi connectivity index (χ2v) is 11.7. The number of amides is 2. The Labute approximate surface area is 187 Å². The van der Waals surface area contributed by atoms with Gasteiger partial charge in [0.1, 0.15) is 0 Å². The highest BCUT2D eigenvalue weighted by atomic mass is 32.2. The summed E-state index contributed by atoms with van der Waals surface area (Å²) in [5.41, 5.74) is 1.10. The van der Waals surface area contributed by atoms with Crippen LogP contribution in [0.3, 0.4) is 0 Å². The molecule has 2 atom stereocenters. The summed E-state index contributed by atoms with van der Waals surface area (Å²) >= 11 is 1.47. The molecule has 2 unspecified atom stereocenters. The van der Waals surface area contributed by atoms with E-state index in [-0.39, 0.29) is 30.8 Å². The number of sulfonamides is 1. The Balaban J connectivity index is 1.40. The number of carbonyl (C=O) groups is 2. The lowest BCUT2D eigenvalue weighted by Crippen LogP contribution is -2.50. The van der Waals surface area contributed by atoms with Crippen molar-refractivity contribution in [1.29, 1.82) is 0 Å². The first-order valence-electron chi connectivity index (χ1n) is 10.4. The zero-order valence-corrected chi connectivity index (χ0v) is 19.6. The van der Waals surface area contributed by atoms with Gasteiger partial charge in [0.25, 0.3) is 5.91 Å². The standard InChI is InChI=1S/C22H27N3O4S2/c1-14-11-19(14)21(26)23-18-6-4-5-17(13-18)22(27)24-7-9-25(10-8-24)31(28,29)20-12-15(2)30-16(20)3/h4-6,12-14,19H,7-11H2,1-3H3,(H,23,26). The summed E-state index contributed by atoms with van der Waals surface area (Å²) in [7, 11) is -3.55. The fourth-order valence-corrected chi connectivity index (χ4v) is 6.92. The Morgan fingerprint density at radius 3 is 2.35 bits per heavy atom. The number of hydrogen-bond donors (Lipinski definition) is 1. The summed E-state index contributed by atoms with van der Waals surface area (Å²) in [6, 6.07) is 8.65. The molecule has 7 nitrogen and oxygen atoms in total. The number of nitrogens with one attached hydrogen (secondary N) is 1. The van der Waals surface area contributed by atoms with E-state index in [9.17, 15) is 18.0 Å². The molecular weight excluding hydrogens is 434 g/mol. The number of nitrogens with zero attached hydrogens (tertiary/aromatic N) is 2. The summed E-state index contributed by atoms with van der Waals surface area (Å²) in [5, 5.41) is 2.89. The molecule has 0 bridgehead atoms. The van der Waals surface area contributed by atoms with Gasteiger partial charge in [-0.3, -0.25) is 9.59 Å². The number of rotatable bonds is 5. The smallest absolute Gasteiger partial charge is 0.254 e. The molecule has 4 rings (SSSR count). The molecule has 2 amide bonds. The van der Waals surface area contributed by atoms with Gasteiger partial charge in [-0.15, -0.1) is 11.3 Å². The molecule has 0 radical (unpaired) electrons. The highest BCUT2D eigenvalue weighted by molar-refractivity contribution is 7.89. The van der Waals surface area contributed by atoms with Gasteiger partial charge in [-0.25, -0.2) is 8.42 Å². The van der Waals surface area contributed by atoms with Crippen LogP contribution in [-0.2, 0) is 14.8 Å². The van der Waals surface area contributed by atoms with Crippen molar-refractivity contribution < 1.29 is 18.0 Å². The topological polar surface area (TPSA) is 86.8 Å². The van der Waals surface area contributed by atoms with Crippen LogP contribution < -0.4 is 5.32 Å². The Kier molecular flexibility index (Phi) is 5.93. The molecule has 1 aliphatic carbocycles. The van der Waals surface area contributed by atoms with Crippen LogP contribution in [0.4, 0.5) is 5.69 Å². The normalized spacial score (nSPS) is 21.7. The van der Waals surface area contributed by atoms with E-state index in [1.54, 1.807) is 35.2 Å². The summed E-state index contributed by atoms with van der Waals surface area (Å²) < 4.78 is 27.4. The van der Waals surface area contributed by atoms with Crippen molar-refractivity contribution >= 4 is 38.9 Å². The van der Waals surface area contributed by atoms with E-state index in [0.717, 1.165) is 16.2 Å². The quantitative estimate of drug-likeness (QED) is 0.741. The van der Waals surface area contributed by atoms with E-state index in [2.05, 4.69) is 5.32 Å². The first-order valence-corrected chi connectivity index (χ1v) is 12.7. The van der Waals surface area contributed by atoms with Crippen LogP contribution in [-0.4, -0.2) is 55.6 Å². The number of piperazine rings is 1. The van der Waals surface area contributed by atoms with Gasteiger partial charge in [-0.2, -0.15) is 4.31 Å². The van der Waals surface area contributed by atoms with E-state index in [1.165, 1.54) is 15.6 Å². The molecule has 2 fully saturated rings. The SMILES string of the molecule is Cc1cc(S(=O)(=O)N2CCN(C(=O)c3cccc(NC(=O)C4CC4C)c3)CC2)c(C)s1. The lowest BCUT2D eigenvalue weighted by Gasteiger charge is -2.34. The van der Waals surface area contributed by atoms with Gasteiger partial charge in [-0.05, 0) is 50.5 Å². The van der Waals surface area contributed by atoms with Crippen LogP contribution in [0.25, 0.3) is 0 Å². The Morgan fingerprint density at radius 1 is 1.10 bits per heavy atom. The van der Waals surface area contributed by atoms with E-state index in [1.807, 2.05) is 20.8 Å². The average Bonchev–Trinajstić information content (AvgIpc) is 3.38. The zero-order chi connectivity index (χ0) is 22.3. The molecule has 2 aromatic rings. The van der Waals surface area contributed by atoms with Gasteiger partial charge >= 0.3 is 0 Å². The van der Waals surface area contributed by atoms with Gasteiger partial charge in [0, 0.05) is 53.1 Å². The highest BCUT2D eigenvalue weighted by Gasteiger charge is 2.39. The molecule has 2 aliphatic rings. The predicted octanol–water partition coefficient (Wildman–Crippen LogP) is 3.11. The number of hydrogen-bond acceptors (Lipinski definition) is 5. The van der Waals surface area contributed by atoms with Crippen molar-refractivity contribution in [2.24, 2.45) is 11.8 Å². The third-order valence-electron chi connectivity index (χ3n) is 5.96. The third-order valence-corrected chi connectivity index (χ3v) is 9.08. The van der Waals surface area contributed by atoms with Gasteiger partial charge in [-0.1, -0.05) is 13.0 Å².